The zero-order valence-electron chi connectivity index (χ0n) is 22.2. The normalized spacial score (nSPS) is 17.2. The van der Waals surface area contributed by atoms with Crippen LogP contribution in [0.4, 0.5) is 14.5 Å². The van der Waals surface area contributed by atoms with Gasteiger partial charge in [-0.15, -0.1) is 0 Å². The number of amides is 1. The SMILES string of the molecule is CC(C)(O)c1cc([C@@](O)(CNC(=O)c2cc(Cl)c(N)c(C=NC3CC3)c2)C2CC2)nc(-c2ccc(F)cc2)c1F. The molecular formula is C30H31ClF2N4O3. The minimum atomic E-state index is -1.66. The number of carbonyl (C=O) groups is 1. The molecule has 1 aromatic heterocycles. The molecule has 2 aliphatic carbocycles. The number of aliphatic hydroxyl groups is 2. The Balaban J connectivity index is 1.48. The average Bonchev–Trinajstić information content (AvgIpc) is 3.81. The van der Waals surface area contributed by atoms with E-state index in [0.717, 1.165) is 12.8 Å². The number of aromatic nitrogens is 1. The number of hydrogen-bond donors (Lipinski definition) is 4. The van der Waals surface area contributed by atoms with Crippen molar-refractivity contribution in [3.8, 4) is 11.3 Å². The van der Waals surface area contributed by atoms with E-state index in [4.69, 9.17) is 17.3 Å². The van der Waals surface area contributed by atoms with Gasteiger partial charge in [0.15, 0.2) is 5.82 Å². The van der Waals surface area contributed by atoms with Crippen LogP contribution in [0.5, 0.6) is 0 Å². The Morgan fingerprint density at radius 2 is 1.82 bits per heavy atom. The predicted octanol–water partition coefficient (Wildman–Crippen LogP) is 5.10. The Morgan fingerprint density at radius 1 is 1.15 bits per heavy atom. The third-order valence-electron chi connectivity index (χ3n) is 7.34. The second-order valence-corrected chi connectivity index (χ2v) is 11.5. The van der Waals surface area contributed by atoms with E-state index in [1.165, 1.54) is 50.2 Å². The van der Waals surface area contributed by atoms with Gasteiger partial charge in [0.05, 0.1) is 34.6 Å². The number of nitrogens with two attached hydrogens (primary N) is 1. The molecule has 2 saturated carbocycles. The van der Waals surface area contributed by atoms with Gasteiger partial charge in [-0.25, -0.2) is 13.8 Å². The standard InChI is InChI=1S/C30H31ClF2N4O3/c1-29(2,39)22-13-24(37-27(25(22)33)16-3-7-20(32)8-4-16)30(40,19-5-6-19)15-36-28(38)17-11-18(14-35-21-9-10-21)26(34)23(31)12-17/h3-4,7-8,11-14,19,21,39-40H,5-6,9-10,15,34H2,1-2H3,(H,36,38)/t30-/m1/s1. The van der Waals surface area contributed by atoms with Gasteiger partial charge >= 0.3 is 0 Å². The average molecular weight is 569 g/mol. The lowest BCUT2D eigenvalue weighted by molar-refractivity contribution is 0.00864. The summed E-state index contributed by atoms with van der Waals surface area (Å²) in [4.78, 5) is 22.1. The van der Waals surface area contributed by atoms with Gasteiger partial charge in [0.2, 0.25) is 0 Å². The summed E-state index contributed by atoms with van der Waals surface area (Å²) in [7, 11) is 0. The number of halogens is 3. The summed E-state index contributed by atoms with van der Waals surface area (Å²) in [5.41, 5.74) is 4.07. The van der Waals surface area contributed by atoms with Gasteiger partial charge in [-0.3, -0.25) is 9.79 Å². The summed E-state index contributed by atoms with van der Waals surface area (Å²) in [5.74, 6) is -2.02. The lowest BCUT2D eigenvalue weighted by atomic mass is 9.87. The molecule has 1 amide bonds. The molecule has 40 heavy (non-hydrogen) atoms. The minimum Gasteiger partial charge on any atom is -0.397 e. The largest absolute Gasteiger partial charge is 0.397 e. The molecule has 2 aromatic carbocycles. The van der Waals surface area contributed by atoms with E-state index in [1.54, 1.807) is 12.3 Å². The van der Waals surface area contributed by atoms with Crippen molar-refractivity contribution in [1.29, 1.82) is 0 Å². The lowest BCUT2D eigenvalue weighted by Crippen LogP contribution is -2.43. The molecule has 0 aliphatic heterocycles. The van der Waals surface area contributed by atoms with Crippen molar-refractivity contribution in [1.82, 2.24) is 10.3 Å². The van der Waals surface area contributed by atoms with Crippen LogP contribution in [-0.4, -0.2) is 39.9 Å². The lowest BCUT2D eigenvalue weighted by Gasteiger charge is -2.31. The summed E-state index contributed by atoms with van der Waals surface area (Å²) in [6.07, 6.45) is 4.99. The number of pyridine rings is 1. The molecule has 0 unspecified atom stereocenters. The van der Waals surface area contributed by atoms with Crippen LogP contribution in [0, 0.1) is 17.6 Å². The van der Waals surface area contributed by atoms with Crippen molar-refractivity contribution in [2.24, 2.45) is 10.9 Å². The van der Waals surface area contributed by atoms with Crippen LogP contribution in [0.25, 0.3) is 11.3 Å². The highest BCUT2D eigenvalue weighted by Crippen LogP contribution is 2.46. The molecule has 0 radical (unpaired) electrons. The van der Waals surface area contributed by atoms with Crippen LogP contribution in [0.15, 0.2) is 47.5 Å². The first-order valence-electron chi connectivity index (χ1n) is 13.2. The summed E-state index contributed by atoms with van der Waals surface area (Å²) in [6, 6.07) is 9.76. The van der Waals surface area contributed by atoms with Crippen LogP contribution < -0.4 is 11.1 Å². The van der Waals surface area contributed by atoms with Crippen molar-refractivity contribution >= 4 is 29.4 Å². The molecule has 5 rings (SSSR count). The predicted molar refractivity (Wildman–Crippen MR) is 150 cm³/mol. The van der Waals surface area contributed by atoms with E-state index in [2.05, 4.69) is 15.3 Å². The molecule has 210 valence electrons. The van der Waals surface area contributed by atoms with E-state index in [9.17, 15) is 19.4 Å². The summed E-state index contributed by atoms with van der Waals surface area (Å²) in [6.45, 7) is 2.63. The van der Waals surface area contributed by atoms with Crippen LogP contribution in [-0.2, 0) is 11.2 Å². The number of anilines is 1. The molecule has 2 fully saturated rings. The van der Waals surface area contributed by atoms with Crippen molar-refractivity contribution in [3.63, 3.8) is 0 Å². The Hall–Kier alpha value is -3.40. The Bertz CT molecular complexity index is 1480. The van der Waals surface area contributed by atoms with E-state index < -0.39 is 28.7 Å². The summed E-state index contributed by atoms with van der Waals surface area (Å²) >= 11 is 6.29. The van der Waals surface area contributed by atoms with Crippen LogP contribution in [0.2, 0.25) is 5.02 Å². The van der Waals surface area contributed by atoms with Gasteiger partial charge in [0.25, 0.3) is 5.91 Å². The molecule has 1 heterocycles. The van der Waals surface area contributed by atoms with Crippen LogP contribution in [0.1, 0.15) is 66.7 Å². The van der Waals surface area contributed by atoms with Crippen molar-refractivity contribution < 1.29 is 23.8 Å². The highest BCUT2D eigenvalue weighted by Gasteiger charge is 2.47. The molecule has 0 saturated heterocycles. The molecule has 0 bridgehead atoms. The first-order valence-corrected chi connectivity index (χ1v) is 13.6. The Morgan fingerprint density at radius 3 is 2.42 bits per heavy atom. The highest BCUT2D eigenvalue weighted by atomic mass is 35.5. The third-order valence-corrected chi connectivity index (χ3v) is 7.66. The number of benzene rings is 2. The molecule has 10 heteroatoms. The quantitative estimate of drug-likeness (QED) is 0.211. The minimum absolute atomic E-state index is 0.0767. The second-order valence-electron chi connectivity index (χ2n) is 11.1. The molecule has 2 aliphatic rings. The van der Waals surface area contributed by atoms with E-state index in [1.807, 2.05) is 0 Å². The van der Waals surface area contributed by atoms with E-state index in [0.29, 0.717) is 24.1 Å². The van der Waals surface area contributed by atoms with Crippen molar-refractivity contribution in [2.45, 2.75) is 56.8 Å². The van der Waals surface area contributed by atoms with Crippen molar-refractivity contribution in [2.75, 3.05) is 12.3 Å². The first-order chi connectivity index (χ1) is 18.9. The molecule has 1 atom stereocenters. The molecule has 5 N–H and O–H groups in total. The third kappa shape index (κ3) is 5.87. The highest BCUT2D eigenvalue weighted by molar-refractivity contribution is 6.34. The maximum atomic E-state index is 15.6. The first kappa shape index (κ1) is 28.1. The Labute approximate surface area is 236 Å². The number of aliphatic imine (C=N–C) groups is 1. The zero-order valence-corrected chi connectivity index (χ0v) is 23.0. The fourth-order valence-electron chi connectivity index (χ4n) is 4.60. The van der Waals surface area contributed by atoms with Gasteiger partial charge in [0, 0.05) is 28.5 Å². The number of nitrogens with one attached hydrogen (secondary N) is 1. The molecular weight excluding hydrogens is 538 g/mol. The number of nitrogens with zero attached hydrogens (tertiary/aromatic N) is 2. The zero-order chi connectivity index (χ0) is 28.8. The van der Waals surface area contributed by atoms with Crippen LogP contribution >= 0.6 is 11.6 Å². The molecule has 3 aromatic rings. The number of hydrogen-bond acceptors (Lipinski definition) is 6. The maximum Gasteiger partial charge on any atom is 0.251 e. The van der Waals surface area contributed by atoms with Gasteiger partial charge in [-0.2, -0.15) is 0 Å². The molecule has 7 nitrogen and oxygen atoms in total. The fraction of sp³-hybridized carbons (Fsp3) is 0.367. The maximum absolute atomic E-state index is 15.6. The summed E-state index contributed by atoms with van der Waals surface area (Å²) in [5, 5.41) is 25.6. The topological polar surface area (TPSA) is 121 Å². The Kier molecular flexibility index (Phi) is 7.41. The fourth-order valence-corrected chi connectivity index (χ4v) is 4.83. The number of nitrogen functional groups attached to an aromatic ring is 1. The van der Waals surface area contributed by atoms with E-state index in [-0.39, 0.29) is 51.6 Å². The van der Waals surface area contributed by atoms with Gasteiger partial charge in [-0.1, -0.05) is 11.6 Å². The van der Waals surface area contributed by atoms with Gasteiger partial charge in [0.1, 0.15) is 17.1 Å². The summed E-state index contributed by atoms with van der Waals surface area (Å²) < 4.78 is 29.2. The smallest absolute Gasteiger partial charge is 0.251 e. The number of rotatable bonds is 9. The monoisotopic (exact) mass is 568 g/mol. The number of carbonyl (C=O) groups excluding carboxylic acids is 1. The van der Waals surface area contributed by atoms with E-state index >= 15 is 4.39 Å². The van der Waals surface area contributed by atoms with Gasteiger partial charge in [-0.05, 0) is 87.9 Å². The van der Waals surface area contributed by atoms with Crippen molar-refractivity contribution in [3.05, 3.63) is 81.5 Å². The van der Waals surface area contributed by atoms with Gasteiger partial charge < -0.3 is 21.3 Å². The van der Waals surface area contributed by atoms with Crippen LogP contribution in [0.3, 0.4) is 0 Å². The molecule has 0 spiro atoms. The second kappa shape index (κ2) is 10.5.